The van der Waals surface area contributed by atoms with Gasteiger partial charge in [0, 0.05) is 31.7 Å². The van der Waals surface area contributed by atoms with Crippen LogP contribution < -0.4 is 5.32 Å². The van der Waals surface area contributed by atoms with Crippen LogP contribution in [0.2, 0.25) is 5.02 Å². The van der Waals surface area contributed by atoms with Gasteiger partial charge in [-0.3, -0.25) is 0 Å². The van der Waals surface area contributed by atoms with Crippen molar-refractivity contribution >= 4 is 38.9 Å². The minimum Gasteiger partial charge on any atom is -0.310 e. The zero-order valence-corrected chi connectivity index (χ0v) is 14.9. The van der Waals surface area contributed by atoms with Crippen LogP contribution in [-0.4, -0.2) is 6.54 Å². The number of hydrogen-bond donors (Lipinski definition) is 1. The fourth-order valence-electron chi connectivity index (χ4n) is 2.24. The molecule has 0 saturated heterocycles. The number of aryl methyl sites for hydroxylation is 1. The summed E-state index contributed by atoms with van der Waals surface area (Å²) in [7, 11) is 0. The van der Waals surface area contributed by atoms with Crippen LogP contribution in [0, 0.1) is 0 Å². The summed E-state index contributed by atoms with van der Waals surface area (Å²) < 4.78 is 1.07. The van der Waals surface area contributed by atoms with Gasteiger partial charge < -0.3 is 5.32 Å². The van der Waals surface area contributed by atoms with Gasteiger partial charge in [0.15, 0.2) is 0 Å². The third-order valence-corrected chi connectivity index (χ3v) is 5.34. The molecule has 0 aliphatic rings. The van der Waals surface area contributed by atoms with Crippen molar-refractivity contribution in [2.24, 2.45) is 0 Å². The number of thiophene rings is 1. The standard InChI is InChI=1S/C16H19BrClNS/c1-3-12-6-7-13(20-12)10-16(19-4-2)14-9-11(17)5-8-15(14)18/h5-9,16,19H,3-4,10H2,1-2H3. The lowest BCUT2D eigenvalue weighted by Gasteiger charge is -2.19. The highest BCUT2D eigenvalue weighted by Gasteiger charge is 2.16. The molecule has 108 valence electrons. The summed E-state index contributed by atoms with van der Waals surface area (Å²) >= 11 is 11.8. The molecule has 20 heavy (non-hydrogen) atoms. The topological polar surface area (TPSA) is 12.0 Å². The number of likely N-dealkylation sites (N-methyl/N-ethyl adjacent to an activating group) is 1. The molecule has 1 aromatic carbocycles. The first-order valence-corrected chi connectivity index (χ1v) is 8.88. The van der Waals surface area contributed by atoms with E-state index in [4.69, 9.17) is 11.6 Å². The van der Waals surface area contributed by atoms with Crippen LogP contribution in [0.3, 0.4) is 0 Å². The normalized spacial score (nSPS) is 12.6. The van der Waals surface area contributed by atoms with E-state index in [1.54, 1.807) is 0 Å². The van der Waals surface area contributed by atoms with Crippen molar-refractivity contribution in [2.75, 3.05) is 6.54 Å². The Morgan fingerprint density at radius 1 is 1.20 bits per heavy atom. The molecule has 1 unspecified atom stereocenters. The van der Waals surface area contributed by atoms with E-state index in [2.05, 4.69) is 53.3 Å². The summed E-state index contributed by atoms with van der Waals surface area (Å²) in [5.41, 5.74) is 1.16. The predicted octanol–water partition coefficient (Wildman–Crippen LogP) is 5.62. The maximum atomic E-state index is 6.37. The molecule has 0 aliphatic carbocycles. The van der Waals surface area contributed by atoms with Crippen LogP contribution in [0.25, 0.3) is 0 Å². The van der Waals surface area contributed by atoms with Crippen molar-refractivity contribution in [2.45, 2.75) is 32.7 Å². The second-order valence-corrected chi connectivity index (χ2v) is 7.28. The minimum absolute atomic E-state index is 0.258. The highest BCUT2D eigenvalue weighted by Crippen LogP contribution is 2.30. The van der Waals surface area contributed by atoms with Crippen LogP contribution in [0.4, 0.5) is 0 Å². The molecule has 1 heterocycles. The van der Waals surface area contributed by atoms with Crippen molar-refractivity contribution in [3.8, 4) is 0 Å². The SMILES string of the molecule is CCNC(Cc1ccc(CC)s1)c1cc(Br)ccc1Cl. The molecule has 0 bridgehead atoms. The smallest absolute Gasteiger partial charge is 0.0454 e. The van der Waals surface area contributed by atoms with Crippen molar-refractivity contribution in [1.82, 2.24) is 5.32 Å². The van der Waals surface area contributed by atoms with E-state index < -0.39 is 0 Å². The number of halogens is 2. The minimum atomic E-state index is 0.258. The lowest BCUT2D eigenvalue weighted by atomic mass is 10.0. The third kappa shape index (κ3) is 4.08. The average Bonchev–Trinajstić information content (AvgIpc) is 2.89. The molecule has 2 aromatic rings. The first kappa shape index (κ1) is 16.0. The van der Waals surface area contributed by atoms with E-state index in [1.807, 2.05) is 23.5 Å². The monoisotopic (exact) mass is 371 g/mol. The molecule has 0 fully saturated rings. The third-order valence-electron chi connectivity index (χ3n) is 3.26. The Labute approximate surface area is 138 Å². The summed E-state index contributed by atoms with van der Waals surface area (Å²) in [6.07, 6.45) is 2.09. The zero-order chi connectivity index (χ0) is 14.5. The van der Waals surface area contributed by atoms with Crippen LogP contribution in [0.15, 0.2) is 34.8 Å². The molecule has 0 radical (unpaired) electrons. The summed E-state index contributed by atoms with van der Waals surface area (Å²) in [4.78, 5) is 2.85. The molecule has 0 amide bonds. The Morgan fingerprint density at radius 3 is 2.60 bits per heavy atom. The zero-order valence-electron chi connectivity index (χ0n) is 11.7. The fraction of sp³-hybridized carbons (Fsp3) is 0.375. The molecular formula is C16H19BrClNS. The molecular weight excluding hydrogens is 354 g/mol. The molecule has 4 heteroatoms. The molecule has 2 rings (SSSR count). The first-order chi connectivity index (χ1) is 9.63. The van der Waals surface area contributed by atoms with E-state index in [0.717, 1.165) is 34.4 Å². The molecule has 1 nitrogen and oxygen atoms in total. The maximum Gasteiger partial charge on any atom is 0.0454 e. The van der Waals surface area contributed by atoms with E-state index in [0.29, 0.717) is 0 Å². The molecule has 1 atom stereocenters. The lowest BCUT2D eigenvalue weighted by Crippen LogP contribution is -2.23. The number of rotatable bonds is 6. The Kier molecular flexibility index (Phi) is 6.09. The molecule has 1 aromatic heterocycles. The average molecular weight is 373 g/mol. The van der Waals surface area contributed by atoms with Gasteiger partial charge in [-0.1, -0.05) is 41.4 Å². The van der Waals surface area contributed by atoms with Gasteiger partial charge in [-0.15, -0.1) is 11.3 Å². The van der Waals surface area contributed by atoms with Gasteiger partial charge in [0.1, 0.15) is 0 Å². The van der Waals surface area contributed by atoms with E-state index in [-0.39, 0.29) is 6.04 Å². The lowest BCUT2D eigenvalue weighted by molar-refractivity contribution is 0.553. The second-order valence-electron chi connectivity index (χ2n) is 4.70. The van der Waals surface area contributed by atoms with Crippen LogP contribution in [0.1, 0.15) is 35.2 Å². The van der Waals surface area contributed by atoms with Gasteiger partial charge in [-0.25, -0.2) is 0 Å². The quantitative estimate of drug-likeness (QED) is 0.694. The second kappa shape index (κ2) is 7.60. The summed E-state index contributed by atoms with van der Waals surface area (Å²) in [6.45, 7) is 5.26. The first-order valence-electron chi connectivity index (χ1n) is 6.90. The molecule has 0 spiro atoms. The fourth-order valence-corrected chi connectivity index (χ4v) is 3.87. The van der Waals surface area contributed by atoms with Gasteiger partial charge in [0.05, 0.1) is 0 Å². The Morgan fingerprint density at radius 2 is 1.95 bits per heavy atom. The summed E-state index contributed by atoms with van der Waals surface area (Å²) in [6, 6.07) is 10.8. The molecule has 0 aliphatic heterocycles. The van der Waals surface area contributed by atoms with Crippen molar-refractivity contribution in [1.29, 1.82) is 0 Å². The van der Waals surface area contributed by atoms with Gasteiger partial charge >= 0.3 is 0 Å². The Balaban J connectivity index is 2.23. The van der Waals surface area contributed by atoms with E-state index in [1.165, 1.54) is 9.75 Å². The van der Waals surface area contributed by atoms with Crippen LogP contribution in [-0.2, 0) is 12.8 Å². The highest BCUT2D eigenvalue weighted by atomic mass is 79.9. The molecule has 0 saturated carbocycles. The van der Waals surface area contributed by atoms with Crippen molar-refractivity contribution in [3.63, 3.8) is 0 Å². The van der Waals surface area contributed by atoms with Crippen molar-refractivity contribution in [3.05, 3.63) is 55.1 Å². The van der Waals surface area contributed by atoms with Gasteiger partial charge in [-0.2, -0.15) is 0 Å². The predicted molar refractivity (Wildman–Crippen MR) is 93.0 cm³/mol. The largest absolute Gasteiger partial charge is 0.310 e. The Bertz CT molecular complexity index is 567. The Hall–Kier alpha value is -0.350. The van der Waals surface area contributed by atoms with Crippen LogP contribution in [0.5, 0.6) is 0 Å². The van der Waals surface area contributed by atoms with Crippen LogP contribution >= 0.6 is 38.9 Å². The number of nitrogens with one attached hydrogen (secondary N) is 1. The van der Waals surface area contributed by atoms with Crippen molar-refractivity contribution < 1.29 is 0 Å². The van der Waals surface area contributed by atoms with E-state index in [9.17, 15) is 0 Å². The highest BCUT2D eigenvalue weighted by molar-refractivity contribution is 9.10. The maximum absolute atomic E-state index is 6.37. The van der Waals surface area contributed by atoms with E-state index >= 15 is 0 Å². The molecule has 1 N–H and O–H groups in total. The van der Waals surface area contributed by atoms with Gasteiger partial charge in [0.2, 0.25) is 0 Å². The van der Waals surface area contributed by atoms with Gasteiger partial charge in [0.25, 0.3) is 0 Å². The number of hydrogen-bond acceptors (Lipinski definition) is 2. The summed E-state index contributed by atoms with van der Waals surface area (Å²) in [5.74, 6) is 0. The van der Waals surface area contributed by atoms with Gasteiger partial charge in [-0.05, 0) is 48.9 Å². The summed E-state index contributed by atoms with van der Waals surface area (Å²) in [5, 5.41) is 4.37. The number of benzene rings is 1.